The molecule has 5 nitrogen and oxygen atoms in total. The molecule has 1 aliphatic heterocycles. The molecule has 0 saturated carbocycles. The molecular weight excluding hydrogens is 316 g/mol. The normalized spacial score (nSPS) is 17.5. The van der Waals surface area contributed by atoms with Crippen molar-refractivity contribution in [2.24, 2.45) is 0 Å². The Kier molecular flexibility index (Phi) is 4.03. The molecule has 0 aromatic carbocycles. The van der Waals surface area contributed by atoms with E-state index in [1.165, 1.54) is 5.56 Å². The quantitative estimate of drug-likeness (QED) is 0.780. The highest BCUT2D eigenvalue weighted by Gasteiger charge is 2.24. The molecule has 4 heterocycles. The summed E-state index contributed by atoms with van der Waals surface area (Å²) in [6.45, 7) is 3.03. The standard InChI is InChI=1S/C15H16N4OS2/c1-3-21-9-11(1)5-16-6-13-7-19-14(8-20-13)15(17-18-19)12-2-4-22-10-12/h1-4,9-10,13,16H,5-8H2/t13-/m1/s1. The third kappa shape index (κ3) is 2.85. The highest BCUT2D eigenvalue weighted by molar-refractivity contribution is 7.08. The predicted octanol–water partition coefficient (Wildman–Crippen LogP) is 2.76. The summed E-state index contributed by atoms with van der Waals surface area (Å²) in [5, 5.41) is 20.5. The monoisotopic (exact) mass is 332 g/mol. The first-order valence-electron chi connectivity index (χ1n) is 7.18. The summed E-state index contributed by atoms with van der Waals surface area (Å²) in [6.07, 6.45) is 0.142. The first kappa shape index (κ1) is 14.1. The Morgan fingerprint density at radius 1 is 1.27 bits per heavy atom. The molecule has 3 aromatic heterocycles. The zero-order valence-corrected chi connectivity index (χ0v) is 13.6. The van der Waals surface area contributed by atoms with Crippen molar-refractivity contribution in [2.75, 3.05) is 6.54 Å². The Morgan fingerprint density at radius 2 is 2.18 bits per heavy atom. The van der Waals surface area contributed by atoms with Crippen LogP contribution >= 0.6 is 22.7 Å². The van der Waals surface area contributed by atoms with Gasteiger partial charge in [-0.05, 0) is 33.8 Å². The fourth-order valence-corrected chi connectivity index (χ4v) is 3.89. The third-order valence-corrected chi connectivity index (χ3v) is 5.16. The minimum atomic E-state index is 0.142. The zero-order chi connectivity index (χ0) is 14.8. The summed E-state index contributed by atoms with van der Waals surface area (Å²) in [6, 6.07) is 4.21. The molecule has 22 heavy (non-hydrogen) atoms. The highest BCUT2D eigenvalue weighted by atomic mass is 32.1. The number of rotatable bonds is 5. The molecule has 0 bridgehead atoms. The second-order valence-corrected chi connectivity index (χ2v) is 6.83. The second-order valence-electron chi connectivity index (χ2n) is 5.27. The van der Waals surface area contributed by atoms with Gasteiger partial charge in [0.25, 0.3) is 0 Å². The van der Waals surface area contributed by atoms with E-state index < -0.39 is 0 Å². The van der Waals surface area contributed by atoms with Gasteiger partial charge in [0.2, 0.25) is 0 Å². The van der Waals surface area contributed by atoms with Gasteiger partial charge in [-0.1, -0.05) is 5.21 Å². The van der Waals surface area contributed by atoms with Gasteiger partial charge in [0, 0.05) is 24.0 Å². The number of fused-ring (bicyclic) bond motifs is 1. The van der Waals surface area contributed by atoms with E-state index in [9.17, 15) is 0 Å². The van der Waals surface area contributed by atoms with Gasteiger partial charge >= 0.3 is 0 Å². The van der Waals surface area contributed by atoms with E-state index in [2.05, 4.69) is 49.3 Å². The van der Waals surface area contributed by atoms with Crippen LogP contribution in [0.3, 0.4) is 0 Å². The van der Waals surface area contributed by atoms with Gasteiger partial charge < -0.3 is 10.1 Å². The molecule has 0 spiro atoms. The van der Waals surface area contributed by atoms with Crippen LogP contribution in [0.4, 0.5) is 0 Å². The SMILES string of the molecule is c1cc(CNC[C@@H]2Cn3nnc(-c4ccsc4)c3CO2)cs1. The average Bonchev–Trinajstić information content (AvgIpc) is 3.28. The number of hydrogen-bond donors (Lipinski definition) is 1. The summed E-state index contributed by atoms with van der Waals surface area (Å²) >= 11 is 3.40. The number of nitrogens with zero attached hydrogens (tertiary/aromatic N) is 3. The van der Waals surface area contributed by atoms with Gasteiger partial charge in [0.1, 0.15) is 5.69 Å². The lowest BCUT2D eigenvalue weighted by atomic mass is 10.2. The second kappa shape index (κ2) is 6.29. The van der Waals surface area contributed by atoms with Crippen LogP contribution < -0.4 is 5.32 Å². The first-order valence-corrected chi connectivity index (χ1v) is 9.07. The Hall–Kier alpha value is -1.54. The number of ether oxygens (including phenoxy) is 1. The van der Waals surface area contributed by atoms with Crippen LogP contribution in [-0.4, -0.2) is 27.6 Å². The molecule has 0 fully saturated rings. The van der Waals surface area contributed by atoms with Crippen molar-refractivity contribution in [3.05, 3.63) is 44.9 Å². The van der Waals surface area contributed by atoms with Crippen LogP contribution in [-0.2, 0) is 24.4 Å². The predicted molar refractivity (Wildman–Crippen MR) is 87.9 cm³/mol. The van der Waals surface area contributed by atoms with Crippen molar-refractivity contribution in [2.45, 2.75) is 25.8 Å². The smallest absolute Gasteiger partial charge is 0.119 e. The molecule has 0 amide bonds. The van der Waals surface area contributed by atoms with E-state index in [0.29, 0.717) is 6.61 Å². The molecule has 1 aliphatic rings. The summed E-state index contributed by atoms with van der Waals surface area (Å²) in [5.41, 5.74) is 4.48. The molecule has 7 heteroatoms. The number of aromatic nitrogens is 3. The van der Waals surface area contributed by atoms with Crippen molar-refractivity contribution < 1.29 is 4.74 Å². The number of nitrogens with one attached hydrogen (secondary N) is 1. The van der Waals surface area contributed by atoms with Crippen molar-refractivity contribution in [1.82, 2.24) is 20.3 Å². The van der Waals surface area contributed by atoms with Gasteiger partial charge in [-0.3, -0.25) is 0 Å². The summed E-state index contributed by atoms with van der Waals surface area (Å²) in [7, 11) is 0. The van der Waals surface area contributed by atoms with Crippen molar-refractivity contribution in [3.8, 4) is 11.3 Å². The van der Waals surface area contributed by atoms with E-state index in [0.717, 1.165) is 36.6 Å². The van der Waals surface area contributed by atoms with E-state index in [-0.39, 0.29) is 6.10 Å². The number of hydrogen-bond acceptors (Lipinski definition) is 6. The summed E-state index contributed by atoms with van der Waals surface area (Å²) in [5.74, 6) is 0. The first-order chi connectivity index (χ1) is 10.9. The highest BCUT2D eigenvalue weighted by Crippen LogP contribution is 2.26. The van der Waals surface area contributed by atoms with Gasteiger partial charge in [-0.25, -0.2) is 4.68 Å². The third-order valence-electron chi connectivity index (χ3n) is 3.75. The Bertz CT molecular complexity index is 721. The molecule has 1 atom stereocenters. The van der Waals surface area contributed by atoms with E-state index >= 15 is 0 Å². The molecule has 0 radical (unpaired) electrons. The summed E-state index contributed by atoms with van der Waals surface area (Å²) < 4.78 is 7.94. The van der Waals surface area contributed by atoms with Crippen LogP contribution in [0.5, 0.6) is 0 Å². The molecule has 0 saturated heterocycles. The largest absolute Gasteiger partial charge is 0.369 e. The Balaban J connectivity index is 1.38. The van der Waals surface area contributed by atoms with Gasteiger partial charge in [-0.2, -0.15) is 22.7 Å². The molecule has 0 unspecified atom stereocenters. The van der Waals surface area contributed by atoms with Crippen LogP contribution in [0.25, 0.3) is 11.3 Å². The Morgan fingerprint density at radius 3 is 3.00 bits per heavy atom. The van der Waals surface area contributed by atoms with Crippen LogP contribution in [0, 0.1) is 0 Å². The van der Waals surface area contributed by atoms with E-state index in [4.69, 9.17) is 4.74 Å². The molecule has 0 aliphatic carbocycles. The van der Waals surface area contributed by atoms with Crippen molar-refractivity contribution >= 4 is 22.7 Å². The van der Waals surface area contributed by atoms with Crippen molar-refractivity contribution in [1.29, 1.82) is 0 Å². The molecule has 3 aromatic rings. The zero-order valence-electron chi connectivity index (χ0n) is 11.9. The lowest BCUT2D eigenvalue weighted by Gasteiger charge is -2.24. The maximum Gasteiger partial charge on any atom is 0.119 e. The lowest BCUT2D eigenvalue weighted by molar-refractivity contribution is 0.00126. The maximum atomic E-state index is 5.96. The topological polar surface area (TPSA) is 52.0 Å². The van der Waals surface area contributed by atoms with Gasteiger partial charge in [0.05, 0.1) is 24.9 Å². The van der Waals surface area contributed by atoms with Gasteiger partial charge in [0.15, 0.2) is 0 Å². The average molecular weight is 332 g/mol. The molecule has 4 rings (SSSR count). The van der Waals surface area contributed by atoms with Crippen LogP contribution in [0.1, 0.15) is 11.3 Å². The molecule has 1 N–H and O–H groups in total. The lowest BCUT2D eigenvalue weighted by Crippen LogP contribution is -2.36. The van der Waals surface area contributed by atoms with Crippen LogP contribution in [0.15, 0.2) is 33.7 Å². The minimum absolute atomic E-state index is 0.142. The van der Waals surface area contributed by atoms with Crippen LogP contribution in [0.2, 0.25) is 0 Å². The fourth-order valence-electron chi connectivity index (χ4n) is 2.58. The minimum Gasteiger partial charge on any atom is -0.369 e. The van der Waals surface area contributed by atoms with Gasteiger partial charge in [-0.15, -0.1) is 5.10 Å². The van der Waals surface area contributed by atoms with E-state index in [1.807, 2.05) is 4.68 Å². The Labute approximate surface area is 136 Å². The fraction of sp³-hybridized carbons (Fsp3) is 0.333. The molecular formula is C15H16N4OS2. The van der Waals surface area contributed by atoms with Crippen molar-refractivity contribution in [3.63, 3.8) is 0 Å². The molecule has 114 valence electrons. The van der Waals surface area contributed by atoms with E-state index in [1.54, 1.807) is 22.7 Å². The maximum absolute atomic E-state index is 5.96. The summed E-state index contributed by atoms with van der Waals surface area (Å²) in [4.78, 5) is 0. The number of thiophene rings is 2.